The van der Waals surface area contributed by atoms with Gasteiger partial charge in [0.2, 0.25) is 29.5 Å². The van der Waals surface area contributed by atoms with Crippen LogP contribution in [0.1, 0.15) is 111 Å². The average Bonchev–Trinajstić information content (AvgIpc) is 0.875. The molecule has 3 rings (SSSR count). The van der Waals surface area contributed by atoms with Crippen LogP contribution in [0.3, 0.4) is 0 Å². The van der Waals surface area contributed by atoms with Gasteiger partial charge >= 0.3 is 5.97 Å². The van der Waals surface area contributed by atoms with E-state index in [4.69, 9.17) is 75.8 Å². The van der Waals surface area contributed by atoms with Crippen LogP contribution in [0.25, 0.3) is 0 Å². The minimum absolute atomic E-state index is 0.0240. The van der Waals surface area contributed by atoms with Crippen molar-refractivity contribution in [2.75, 3.05) is 178 Å². The van der Waals surface area contributed by atoms with E-state index in [9.17, 15) is 74.7 Å². The molecule has 0 saturated carbocycles. The van der Waals surface area contributed by atoms with E-state index in [0.717, 1.165) is 0 Å². The van der Waals surface area contributed by atoms with E-state index in [2.05, 4.69) is 26.6 Å². The Kier molecular flexibility index (Phi) is 49.1. The number of nitrogens with one attached hydrogen (secondary N) is 5. The van der Waals surface area contributed by atoms with Crippen molar-refractivity contribution in [3.63, 3.8) is 0 Å². The summed E-state index contributed by atoms with van der Waals surface area (Å²) in [6.07, 6.45) is -6.87. The largest absolute Gasteiger partial charge is 0.481 e. The first-order chi connectivity index (χ1) is 48.5. The summed E-state index contributed by atoms with van der Waals surface area (Å²) >= 11 is 0. The lowest BCUT2D eigenvalue weighted by atomic mass is 9.98. The fourth-order valence-corrected chi connectivity index (χ4v) is 10.1. The van der Waals surface area contributed by atoms with Gasteiger partial charge in [0.05, 0.1) is 163 Å². The van der Waals surface area contributed by atoms with Crippen LogP contribution in [-0.2, 0) is 105 Å². The van der Waals surface area contributed by atoms with Gasteiger partial charge in [-0.05, 0) is 85.5 Å². The summed E-state index contributed by atoms with van der Waals surface area (Å²) in [6, 6.07) is -2.29. The number of carboxylic acids is 1. The number of aliphatic carboxylic acids is 1. The van der Waals surface area contributed by atoms with Gasteiger partial charge in [-0.3, -0.25) is 28.8 Å². The number of aliphatic hydroxyl groups excluding tert-OH is 8. The number of ether oxygens (including phenoxy) is 16. The highest BCUT2D eigenvalue weighted by atomic mass is 16.7. The van der Waals surface area contributed by atoms with E-state index in [-0.39, 0.29) is 197 Å². The number of hydrogen-bond donors (Lipinski definition) is 14. The number of amides is 5. The summed E-state index contributed by atoms with van der Waals surface area (Å²) in [5.41, 5.74) is -1.64. The Morgan fingerprint density at radius 3 is 1.25 bits per heavy atom. The van der Waals surface area contributed by atoms with Crippen molar-refractivity contribution < 1.29 is 151 Å². The highest BCUT2D eigenvalue weighted by Gasteiger charge is 2.39. The topological polar surface area (TPSA) is 492 Å². The van der Waals surface area contributed by atoms with E-state index in [1.54, 1.807) is 27.7 Å². The Bertz CT molecular complexity index is 2220. The molecule has 0 aliphatic carbocycles. The maximum atomic E-state index is 14.3. The molecular formula is C65H119N5O31. The van der Waals surface area contributed by atoms with Crippen LogP contribution in [-0.4, -0.2) is 351 Å². The molecule has 3 heterocycles. The average molecular weight is 1470 g/mol. The maximum absolute atomic E-state index is 14.3. The van der Waals surface area contributed by atoms with Crippen molar-refractivity contribution in [3.8, 4) is 0 Å². The fraction of sp³-hybridized carbons (Fsp3) is 0.908. The summed E-state index contributed by atoms with van der Waals surface area (Å²) in [6.45, 7) is 8.83. The molecule has 0 radical (unpaired) electrons. The summed E-state index contributed by atoms with van der Waals surface area (Å²) in [5, 5.41) is 101. The first-order valence-electron chi connectivity index (χ1n) is 35.0. The van der Waals surface area contributed by atoms with Gasteiger partial charge < -0.3 is 148 Å². The third kappa shape index (κ3) is 43.2. The number of rotatable bonds is 61. The van der Waals surface area contributed by atoms with Crippen molar-refractivity contribution in [2.24, 2.45) is 0 Å². The van der Waals surface area contributed by atoms with E-state index in [1.807, 2.05) is 0 Å². The van der Waals surface area contributed by atoms with Gasteiger partial charge in [-0.15, -0.1) is 0 Å². The third-order valence-corrected chi connectivity index (χ3v) is 16.0. The Morgan fingerprint density at radius 1 is 0.436 bits per heavy atom. The second-order valence-electron chi connectivity index (χ2n) is 25.5. The standard InChI is InChI=1S/C65H119N5O31/c1-64(2,15-18-98-65(3,4)14-13-56(80)81)70-63(85)46(10-6-8-17-67-54(78)43-93-29-26-87-21-24-91-33-36-97-59-38-49(76)61(83)52(41-73)101-59)69-62(84)45(68-55(79)44-94-30-27-88-19-22-89-31-34-95-57-12-11-47(74)50(39-71)99-57)9-5-7-16-66-53(77)42-92-28-25-86-20-23-90-32-35-96-58-37-48(75)60(82)51(40-72)100-58/h45-52,57-61,71-76,82-83H,5-44H2,1-4H3,(H,66,77)(H,67,78)(H,68,79)(H,69,84)(H,70,85)(H,80,81). The van der Waals surface area contributed by atoms with Gasteiger partial charge in [-0.1, -0.05) is 0 Å². The van der Waals surface area contributed by atoms with Crippen molar-refractivity contribution in [1.82, 2.24) is 26.6 Å². The van der Waals surface area contributed by atoms with Gasteiger partial charge in [0, 0.05) is 50.9 Å². The van der Waals surface area contributed by atoms with E-state index < -0.39 is 146 Å². The zero-order valence-corrected chi connectivity index (χ0v) is 59.3. The van der Waals surface area contributed by atoms with E-state index in [0.29, 0.717) is 44.9 Å². The molecule has 0 bridgehead atoms. The molecule has 36 nitrogen and oxygen atoms in total. The van der Waals surface area contributed by atoms with Crippen LogP contribution in [0.15, 0.2) is 0 Å². The van der Waals surface area contributed by atoms with Crippen LogP contribution >= 0.6 is 0 Å². The smallest absolute Gasteiger partial charge is 0.303 e. The molecule has 0 spiro atoms. The monoisotopic (exact) mass is 1470 g/mol. The maximum Gasteiger partial charge on any atom is 0.303 e. The SMILES string of the molecule is CC(C)(CCOC(C)(C)CCC(=O)O)NC(=O)C(CCCCNC(=O)COCCOCCOCCOC1CC(O)C(O)C(CO)O1)NC(=O)C(CCCCNC(=O)COCCOCCOCCOC1CC(O)C(O)C(CO)O1)NC(=O)COCCOCCOCCOC1CCC(O)C(CO)O1. The molecule has 3 fully saturated rings. The van der Waals surface area contributed by atoms with Crippen LogP contribution in [0.4, 0.5) is 0 Å². The normalized spacial score (nSPS) is 23.2. The molecule has 13 atom stereocenters. The molecule has 0 aromatic heterocycles. The summed E-state index contributed by atoms with van der Waals surface area (Å²) in [5.74, 6) is -3.57. The quantitative estimate of drug-likeness (QED) is 0.0260. The van der Waals surface area contributed by atoms with E-state index >= 15 is 0 Å². The summed E-state index contributed by atoms with van der Waals surface area (Å²) in [4.78, 5) is 78.5. The molecule has 13 unspecified atom stereocenters. The fourth-order valence-electron chi connectivity index (χ4n) is 10.1. The highest BCUT2D eigenvalue weighted by Crippen LogP contribution is 2.24. The van der Waals surface area contributed by atoms with Crippen LogP contribution in [0, 0.1) is 0 Å². The van der Waals surface area contributed by atoms with Crippen molar-refractivity contribution in [1.29, 1.82) is 0 Å². The Morgan fingerprint density at radius 2 is 0.822 bits per heavy atom. The van der Waals surface area contributed by atoms with Gasteiger partial charge in [-0.2, -0.15) is 0 Å². The molecule has 101 heavy (non-hydrogen) atoms. The zero-order valence-electron chi connectivity index (χ0n) is 59.3. The minimum atomic E-state index is -1.20. The second kappa shape index (κ2) is 54.5. The number of carbonyl (C=O) groups excluding carboxylic acids is 5. The first kappa shape index (κ1) is 91.1. The summed E-state index contributed by atoms with van der Waals surface area (Å²) in [7, 11) is 0. The number of carboxylic acid groups (broad SMARTS) is 1. The van der Waals surface area contributed by atoms with Crippen molar-refractivity contribution >= 4 is 35.5 Å². The molecule has 5 amide bonds. The van der Waals surface area contributed by atoms with Crippen molar-refractivity contribution in [2.45, 2.75) is 202 Å². The van der Waals surface area contributed by atoms with Gasteiger partial charge in [0.15, 0.2) is 18.9 Å². The molecule has 0 aromatic carbocycles. The Balaban J connectivity index is 1.49. The van der Waals surface area contributed by atoms with Crippen LogP contribution in [0.2, 0.25) is 0 Å². The lowest BCUT2D eigenvalue weighted by Crippen LogP contribution is -2.57. The van der Waals surface area contributed by atoms with Gasteiger partial charge in [-0.25, -0.2) is 0 Å². The first-order valence-corrected chi connectivity index (χ1v) is 35.0. The Hall–Kier alpha value is -4.14. The summed E-state index contributed by atoms with van der Waals surface area (Å²) < 4.78 is 88.5. The Labute approximate surface area is 591 Å². The lowest BCUT2D eigenvalue weighted by molar-refractivity contribution is -0.259. The zero-order chi connectivity index (χ0) is 74.1. The number of carbonyl (C=O) groups is 6. The molecule has 3 aliphatic rings. The minimum Gasteiger partial charge on any atom is -0.481 e. The van der Waals surface area contributed by atoms with Crippen LogP contribution < -0.4 is 26.6 Å². The van der Waals surface area contributed by atoms with Crippen molar-refractivity contribution in [3.05, 3.63) is 0 Å². The van der Waals surface area contributed by atoms with Gasteiger partial charge in [0.1, 0.15) is 62.4 Å². The predicted octanol–water partition coefficient (Wildman–Crippen LogP) is -3.81. The second-order valence-corrected chi connectivity index (χ2v) is 25.5. The molecule has 14 N–H and O–H groups in total. The van der Waals surface area contributed by atoms with Gasteiger partial charge in [0.25, 0.3) is 0 Å². The molecule has 590 valence electrons. The molecule has 3 aliphatic heterocycles. The number of unbranched alkanes of at least 4 members (excludes halogenated alkanes) is 2. The predicted molar refractivity (Wildman–Crippen MR) is 352 cm³/mol. The molecule has 0 aromatic rings. The highest BCUT2D eigenvalue weighted by molar-refractivity contribution is 5.92. The third-order valence-electron chi connectivity index (χ3n) is 16.0. The number of aliphatic hydroxyl groups is 8. The lowest BCUT2D eigenvalue weighted by Gasteiger charge is -2.35. The number of hydrogen-bond acceptors (Lipinski definition) is 30. The molecule has 3 saturated heterocycles. The molecular weight excluding hydrogens is 1350 g/mol. The van der Waals surface area contributed by atoms with E-state index in [1.165, 1.54) is 0 Å². The molecule has 36 heteroatoms. The van der Waals surface area contributed by atoms with Crippen LogP contribution in [0.5, 0.6) is 0 Å².